The van der Waals surface area contributed by atoms with Crippen LogP contribution in [0.1, 0.15) is 28.3 Å². The van der Waals surface area contributed by atoms with Gasteiger partial charge in [-0.1, -0.05) is 47.7 Å². The van der Waals surface area contributed by atoms with Crippen LogP contribution in [0.2, 0.25) is 0 Å². The number of carbonyl (C=O) groups excluding carboxylic acids is 2. The second-order valence-electron chi connectivity index (χ2n) is 8.51. The van der Waals surface area contributed by atoms with Crippen molar-refractivity contribution in [2.75, 3.05) is 12.0 Å². The molecule has 1 fully saturated rings. The number of ketones is 1. The number of nitrogens with zero attached hydrogens (tertiary/aromatic N) is 2. The van der Waals surface area contributed by atoms with Gasteiger partial charge < -0.3 is 14.9 Å². The highest BCUT2D eigenvalue weighted by Crippen LogP contribution is 2.47. The van der Waals surface area contributed by atoms with Crippen molar-refractivity contribution in [2.45, 2.75) is 19.9 Å². The monoisotopic (exact) mass is 564 g/mol. The van der Waals surface area contributed by atoms with Crippen molar-refractivity contribution in [1.29, 1.82) is 0 Å². The topological polar surface area (TPSA) is 100.0 Å². The van der Waals surface area contributed by atoms with Gasteiger partial charge in [0.15, 0.2) is 16.6 Å². The lowest BCUT2D eigenvalue weighted by Gasteiger charge is -2.24. The van der Waals surface area contributed by atoms with E-state index in [0.29, 0.717) is 20.7 Å². The molecule has 1 aliphatic rings. The molecular weight excluding hydrogens is 544 g/mol. The minimum absolute atomic E-state index is 0.0713. The maximum Gasteiger partial charge on any atom is 0.301 e. The zero-order chi connectivity index (χ0) is 25.7. The van der Waals surface area contributed by atoms with E-state index < -0.39 is 17.7 Å². The van der Waals surface area contributed by atoms with Crippen LogP contribution in [0.25, 0.3) is 16.0 Å². The molecule has 2 N–H and O–H groups in total. The first-order valence-corrected chi connectivity index (χ1v) is 12.6. The number of methoxy groups -OCH3 is 1. The molecule has 1 aromatic heterocycles. The summed E-state index contributed by atoms with van der Waals surface area (Å²) >= 11 is 4.63. The number of fused-ring (bicyclic) bond motifs is 1. The Kier molecular flexibility index (Phi) is 6.05. The number of aromatic nitrogens is 1. The molecule has 1 aliphatic heterocycles. The highest BCUT2D eigenvalue weighted by Gasteiger charge is 2.48. The number of amides is 1. The summed E-state index contributed by atoms with van der Waals surface area (Å²) in [6, 6.07) is 14.7. The molecule has 0 saturated carbocycles. The van der Waals surface area contributed by atoms with Crippen LogP contribution in [0.15, 0.2) is 64.6 Å². The van der Waals surface area contributed by atoms with Gasteiger partial charge in [0.2, 0.25) is 0 Å². The van der Waals surface area contributed by atoms with Crippen LogP contribution in [-0.4, -0.2) is 34.0 Å². The van der Waals surface area contributed by atoms with Crippen molar-refractivity contribution in [3.63, 3.8) is 0 Å². The fourth-order valence-corrected chi connectivity index (χ4v) is 6.09. The van der Waals surface area contributed by atoms with Crippen molar-refractivity contribution in [3.05, 3.63) is 86.9 Å². The fraction of sp³-hybridized carbons (Fsp3) is 0.148. The van der Waals surface area contributed by atoms with E-state index in [1.165, 1.54) is 23.3 Å². The Morgan fingerprint density at radius 1 is 1.11 bits per heavy atom. The number of halogens is 1. The fourth-order valence-electron chi connectivity index (χ4n) is 4.47. The molecule has 0 radical (unpaired) electrons. The smallest absolute Gasteiger partial charge is 0.301 e. The number of phenols is 1. The van der Waals surface area contributed by atoms with E-state index in [-0.39, 0.29) is 22.8 Å². The Morgan fingerprint density at radius 2 is 1.83 bits per heavy atom. The van der Waals surface area contributed by atoms with Crippen molar-refractivity contribution in [2.24, 2.45) is 0 Å². The van der Waals surface area contributed by atoms with Gasteiger partial charge in [-0.15, -0.1) is 0 Å². The number of anilines is 1. The number of phenolic OH excluding ortho intramolecular Hbond substituents is 1. The van der Waals surface area contributed by atoms with Crippen molar-refractivity contribution in [1.82, 2.24) is 4.98 Å². The number of Topliss-reactive ketones (excluding diaryl/α,β-unsaturated/α-hetero) is 1. The summed E-state index contributed by atoms with van der Waals surface area (Å²) < 4.78 is 6.52. The summed E-state index contributed by atoms with van der Waals surface area (Å²) in [5.74, 6) is -1.88. The Bertz CT molecular complexity index is 1580. The minimum atomic E-state index is -1.00. The minimum Gasteiger partial charge on any atom is -0.507 e. The first-order chi connectivity index (χ1) is 17.2. The van der Waals surface area contributed by atoms with E-state index in [4.69, 9.17) is 9.72 Å². The van der Waals surface area contributed by atoms with Gasteiger partial charge in [-0.3, -0.25) is 14.5 Å². The molecule has 0 spiro atoms. The van der Waals surface area contributed by atoms with Crippen LogP contribution < -0.4 is 9.64 Å². The Balaban J connectivity index is 1.79. The molecule has 1 saturated heterocycles. The van der Waals surface area contributed by atoms with Gasteiger partial charge in [0.05, 0.1) is 33.4 Å². The summed E-state index contributed by atoms with van der Waals surface area (Å²) in [6.07, 6.45) is 0. The Labute approximate surface area is 219 Å². The van der Waals surface area contributed by atoms with Crippen LogP contribution in [0.5, 0.6) is 11.5 Å². The third-order valence-electron chi connectivity index (χ3n) is 6.10. The zero-order valence-electron chi connectivity index (χ0n) is 19.6. The number of rotatable bonds is 4. The van der Waals surface area contributed by atoms with Crippen LogP contribution in [0, 0.1) is 13.8 Å². The first-order valence-electron chi connectivity index (χ1n) is 11.0. The lowest BCUT2D eigenvalue weighted by atomic mass is 9.95. The number of aryl methyl sites for hydroxylation is 2. The summed E-state index contributed by atoms with van der Waals surface area (Å²) in [5, 5.41) is 21.9. The molecule has 3 aromatic carbocycles. The van der Waals surface area contributed by atoms with Gasteiger partial charge >= 0.3 is 5.91 Å². The van der Waals surface area contributed by atoms with Crippen LogP contribution in [0.3, 0.4) is 0 Å². The number of aromatic hydroxyl groups is 1. The molecule has 2 heterocycles. The summed E-state index contributed by atoms with van der Waals surface area (Å²) in [7, 11) is 1.41. The third kappa shape index (κ3) is 3.84. The van der Waals surface area contributed by atoms with Gasteiger partial charge in [0, 0.05) is 5.56 Å². The molecular formula is C27H21BrN2O5S. The van der Waals surface area contributed by atoms with E-state index >= 15 is 0 Å². The second kappa shape index (κ2) is 9.07. The molecule has 36 heavy (non-hydrogen) atoms. The van der Waals surface area contributed by atoms with Crippen LogP contribution in [0.4, 0.5) is 5.13 Å². The number of aliphatic hydroxyl groups is 1. The van der Waals surface area contributed by atoms with Crippen molar-refractivity contribution >= 4 is 60.1 Å². The number of carbonyl (C=O) groups is 2. The molecule has 7 nitrogen and oxygen atoms in total. The predicted molar refractivity (Wildman–Crippen MR) is 143 cm³/mol. The molecule has 5 rings (SSSR count). The molecule has 1 amide bonds. The average molecular weight is 565 g/mol. The van der Waals surface area contributed by atoms with Gasteiger partial charge in [-0.25, -0.2) is 4.98 Å². The van der Waals surface area contributed by atoms with E-state index in [9.17, 15) is 19.8 Å². The van der Waals surface area contributed by atoms with E-state index in [1.54, 1.807) is 42.5 Å². The van der Waals surface area contributed by atoms with Crippen LogP contribution >= 0.6 is 27.3 Å². The largest absolute Gasteiger partial charge is 0.507 e. The molecule has 1 atom stereocenters. The highest BCUT2D eigenvalue weighted by atomic mass is 79.9. The number of ether oxygens (including phenoxy) is 1. The molecule has 1 unspecified atom stereocenters. The first kappa shape index (κ1) is 24.0. The highest BCUT2D eigenvalue weighted by molar-refractivity contribution is 9.10. The van der Waals surface area contributed by atoms with Crippen molar-refractivity contribution in [3.8, 4) is 11.5 Å². The Hall–Kier alpha value is -3.69. The molecule has 9 heteroatoms. The summed E-state index contributed by atoms with van der Waals surface area (Å²) in [4.78, 5) is 32.9. The lowest BCUT2D eigenvalue weighted by molar-refractivity contribution is -0.132. The van der Waals surface area contributed by atoms with E-state index in [2.05, 4.69) is 15.9 Å². The summed E-state index contributed by atoms with van der Waals surface area (Å²) in [5.41, 5.74) is 3.55. The normalized spacial score (nSPS) is 17.2. The van der Waals surface area contributed by atoms with Gasteiger partial charge in [-0.2, -0.15) is 0 Å². The van der Waals surface area contributed by atoms with E-state index in [0.717, 1.165) is 21.3 Å². The van der Waals surface area contributed by atoms with Gasteiger partial charge in [-0.05, 0) is 64.7 Å². The molecule has 4 aromatic rings. The Morgan fingerprint density at radius 3 is 2.53 bits per heavy atom. The quantitative estimate of drug-likeness (QED) is 0.179. The maximum atomic E-state index is 13.5. The number of thiazole rings is 1. The maximum absolute atomic E-state index is 13.5. The van der Waals surface area contributed by atoms with E-state index in [1.807, 2.05) is 26.0 Å². The van der Waals surface area contributed by atoms with Gasteiger partial charge in [0.25, 0.3) is 5.78 Å². The van der Waals surface area contributed by atoms with Crippen LogP contribution in [-0.2, 0) is 9.59 Å². The SMILES string of the molecule is COc1cc(C2C(=C(O)c3ccccc3)C(=O)C(=O)N2c2nc3c(C)cc(C)cc3s2)cc(Br)c1O. The number of benzene rings is 3. The standard InChI is InChI=1S/C27H21BrN2O5S/c1-13-9-14(2)21-19(10-13)36-27(29-21)30-22(16-11-17(28)24(32)18(12-16)35-3)20(25(33)26(30)34)23(31)15-7-5-4-6-8-15/h4-12,22,31-32H,1-3H3. The number of aliphatic hydroxyl groups excluding tert-OH is 1. The zero-order valence-corrected chi connectivity index (χ0v) is 22.0. The summed E-state index contributed by atoms with van der Waals surface area (Å²) in [6.45, 7) is 3.93. The second-order valence-corrected chi connectivity index (χ2v) is 10.4. The van der Waals surface area contributed by atoms with Gasteiger partial charge in [0.1, 0.15) is 5.76 Å². The molecule has 0 bridgehead atoms. The average Bonchev–Trinajstić information content (AvgIpc) is 3.39. The third-order valence-corrected chi connectivity index (χ3v) is 7.71. The number of hydrogen-bond acceptors (Lipinski definition) is 7. The number of hydrogen-bond donors (Lipinski definition) is 2. The predicted octanol–water partition coefficient (Wildman–Crippen LogP) is 6.02. The van der Waals surface area contributed by atoms with Crippen molar-refractivity contribution < 1.29 is 24.5 Å². The lowest BCUT2D eigenvalue weighted by Crippen LogP contribution is -2.29. The molecule has 0 aliphatic carbocycles. The molecule has 182 valence electrons.